The number of carbonyl (C=O) groups is 1. The predicted octanol–water partition coefficient (Wildman–Crippen LogP) is -0.557. The summed E-state index contributed by atoms with van der Waals surface area (Å²) in [6.45, 7) is 5.84. The van der Waals surface area contributed by atoms with E-state index in [1.807, 2.05) is 13.8 Å². The van der Waals surface area contributed by atoms with Gasteiger partial charge in [0.1, 0.15) is 5.60 Å². The zero-order chi connectivity index (χ0) is 18.8. The van der Waals surface area contributed by atoms with E-state index in [1.165, 1.54) is 0 Å². The predicted molar refractivity (Wildman–Crippen MR) is 87.7 cm³/mol. The maximum absolute atomic E-state index is 12.7. The third-order valence-corrected chi connectivity index (χ3v) is 8.89. The van der Waals surface area contributed by atoms with Crippen molar-refractivity contribution < 1.29 is 34.7 Å². The van der Waals surface area contributed by atoms with Crippen LogP contribution in [0.25, 0.3) is 0 Å². The molecule has 2 saturated heterocycles. The highest BCUT2D eigenvalue weighted by atomic mass is 16.6. The lowest BCUT2D eigenvalue weighted by atomic mass is 9.38. The highest BCUT2D eigenvalue weighted by molar-refractivity contribution is 5.80. The van der Waals surface area contributed by atoms with Crippen molar-refractivity contribution in [3.63, 3.8) is 0 Å². The first-order valence-corrected chi connectivity index (χ1v) is 9.66. The molecular formula is C19H28O7. The number of fused-ring (bicyclic) bond motifs is 2. The van der Waals surface area contributed by atoms with Gasteiger partial charge in [-0.15, -0.1) is 0 Å². The number of carbonyl (C=O) groups excluding carboxylic acids is 1. The highest BCUT2D eigenvalue weighted by Gasteiger charge is 2.83. The Balaban J connectivity index is 1.73. The average molecular weight is 368 g/mol. The van der Waals surface area contributed by atoms with E-state index in [9.17, 15) is 25.2 Å². The van der Waals surface area contributed by atoms with E-state index in [-0.39, 0.29) is 18.4 Å². The number of hydrogen-bond acceptors (Lipinski definition) is 7. The van der Waals surface area contributed by atoms with Gasteiger partial charge in [0.05, 0.1) is 36.9 Å². The van der Waals surface area contributed by atoms with Gasteiger partial charge in [-0.1, -0.05) is 13.8 Å². The van der Waals surface area contributed by atoms with Crippen LogP contribution in [0.2, 0.25) is 0 Å². The molecule has 3 aliphatic carbocycles. The fourth-order valence-corrected chi connectivity index (χ4v) is 7.89. The molecule has 5 aliphatic rings. The number of aliphatic hydroxyl groups excluding tert-OH is 4. The van der Waals surface area contributed by atoms with Gasteiger partial charge in [0, 0.05) is 16.7 Å². The lowest BCUT2D eigenvalue weighted by Crippen LogP contribution is -2.74. The van der Waals surface area contributed by atoms with Crippen molar-refractivity contribution in [3.8, 4) is 0 Å². The average Bonchev–Trinajstić information content (AvgIpc) is 2.94. The van der Waals surface area contributed by atoms with E-state index in [0.717, 1.165) is 0 Å². The number of aliphatic hydroxyl groups is 4. The van der Waals surface area contributed by atoms with Gasteiger partial charge in [-0.05, 0) is 31.6 Å². The van der Waals surface area contributed by atoms with Crippen LogP contribution in [0.4, 0.5) is 0 Å². The van der Waals surface area contributed by atoms with E-state index < -0.39 is 64.8 Å². The summed E-state index contributed by atoms with van der Waals surface area (Å²) in [5.74, 6) is -1.67. The number of ether oxygens (including phenoxy) is 2. The monoisotopic (exact) mass is 368 g/mol. The Morgan fingerprint density at radius 2 is 1.81 bits per heavy atom. The summed E-state index contributed by atoms with van der Waals surface area (Å²) in [4.78, 5) is 12.7. The van der Waals surface area contributed by atoms with E-state index >= 15 is 0 Å². The zero-order valence-electron chi connectivity index (χ0n) is 15.3. The van der Waals surface area contributed by atoms with Crippen LogP contribution < -0.4 is 0 Å². The second-order valence-corrected chi connectivity index (χ2v) is 9.79. The molecule has 1 unspecified atom stereocenters. The van der Waals surface area contributed by atoms with Gasteiger partial charge in [-0.3, -0.25) is 4.79 Å². The molecule has 0 radical (unpaired) electrons. The van der Waals surface area contributed by atoms with Crippen molar-refractivity contribution in [2.75, 3.05) is 6.61 Å². The summed E-state index contributed by atoms with van der Waals surface area (Å²) in [7, 11) is 0. The summed E-state index contributed by atoms with van der Waals surface area (Å²) in [6.07, 6.45) is -3.75. The van der Waals surface area contributed by atoms with E-state index in [0.29, 0.717) is 12.8 Å². The minimum atomic E-state index is -1.06. The van der Waals surface area contributed by atoms with E-state index in [2.05, 4.69) is 0 Å². The van der Waals surface area contributed by atoms with Crippen molar-refractivity contribution in [3.05, 3.63) is 0 Å². The van der Waals surface area contributed by atoms with Crippen LogP contribution in [-0.2, 0) is 14.3 Å². The van der Waals surface area contributed by atoms with Gasteiger partial charge < -0.3 is 29.9 Å². The summed E-state index contributed by atoms with van der Waals surface area (Å²) in [5, 5.41) is 44.1. The molecule has 0 aromatic carbocycles. The van der Waals surface area contributed by atoms with Crippen molar-refractivity contribution in [2.45, 2.75) is 69.7 Å². The van der Waals surface area contributed by atoms with Gasteiger partial charge in [0.15, 0.2) is 6.10 Å². The molecule has 7 heteroatoms. The fraction of sp³-hybridized carbons (Fsp3) is 0.947. The Bertz CT molecular complexity index is 668. The normalized spacial score (nSPS) is 66.1. The maximum atomic E-state index is 12.7. The van der Waals surface area contributed by atoms with Crippen LogP contribution in [-0.4, -0.2) is 69.1 Å². The maximum Gasteiger partial charge on any atom is 0.313 e. The molecule has 12 atom stereocenters. The smallest absolute Gasteiger partial charge is 0.313 e. The first-order valence-electron chi connectivity index (χ1n) is 9.66. The second kappa shape index (κ2) is 4.81. The number of esters is 1. The molecule has 4 bridgehead atoms. The third kappa shape index (κ3) is 1.55. The summed E-state index contributed by atoms with van der Waals surface area (Å²) >= 11 is 0. The molecule has 26 heavy (non-hydrogen) atoms. The fourth-order valence-electron chi connectivity index (χ4n) is 7.89. The molecule has 2 heterocycles. The number of hydrogen-bond donors (Lipinski definition) is 4. The number of rotatable bonds is 0. The first-order chi connectivity index (χ1) is 12.1. The summed E-state index contributed by atoms with van der Waals surface area (Å²) in [6, 6.07) is 0. The lowest BCUT2D eigenvalue weighted by molar-refractivity contribution is -0.273. The Hall–Kier alpha value is -0.730. The van der Waals surface area contributed by atoms with Crippen molar-refractivity contribution in [1.29, 1.82) is 0 Å². The van der Waals surface area contributed by atoms with Gasteiger partial charge >= 0.3 is 5.97 Å². The minimum Gasteiger partial charge on any atom is -0.456 e. The summed E-state index contributed by atoms with van der Waals surface area (Å²) in [5.41, 5.74) is -2.79. The van der Waals surface area contributed by atoms with E-state index in [1.54, 1.807) is 6.92 Å². The molecule has 0 aromatic heterocycles. The topological polar surface area (TPSA) is 116 Å². The van der Waals surface area contributed by atoms with Gasteiger partial charge in [-0.25, -0.2) is 0 Å². The van der Waals surface area contributed by atoms with Crippen molar-refractivity contribution in [1.82, 2.24) is 0 Å². The van der Waals surface area contributed by atoms with Crippen molar-refractivity contribution in [2.24, 2.45) is 34.5 Å². The molecule has 3 saturated carbocycles. The minimum absolute atomic E-state index is 0.0689. The van der Waals surface area contributed by atoms with Crippen LogP contribution >= 0.6 is 0 Å². The van der Waals surface area contributed by atoms with Gasteiger partial charge in [0.25, 0.3) is 0 Å². The second-order valence-electron chi connectivity index (χ2n) is 9.79. The molecule has 4 N–H and O–H groups in total. The first kappa shape index (κ1) is 17.4. The summed E-state index contributed by atoms with van der Waals surface area (Å²) < 4.78 is 11.5. The third-order valence-electron chi connectivity index (χ3n) is 8.89. The van der Waals surface area contributed by atoms with Crippen LogP contribution in [0.3, 0.4) is 0 Å². The van der Waals surface area contributed by atoms with Gasteiger partial charge in [-0.2, -0.15) is 0 Å². The van der Waals surface area contributed by atoms with Crippen LogP contribution in [0.5, 0.6) is 0 Å². The molecule has 5 fully saturated rings. The van der Waals surface area contributed by atoms with Gasteiger partial charge in [0.2, 0.25) is 0 Å². The van der Waals surface area contributed by atoms with Crippen LogP contribution in [0.15, 0.2) is 0 Å². The molecule has 146 valence electrons. The molecule has 2 aliphatic heterocycles. The quantitative estimate of drug-likeness (QED) is 0.424. The Morgan fingerprint density at radius 3 is 2.50 bits per heavy atom. The Labute approximate surface area is 152 Å². The zero-order valence-corrected chi connectivity index (χ0v) is 15.3. The van der Waals surface area contributed by atoms with Crippen LogP contribution in [0, 0.1) is 34.5 Å². The lowest BCUT2D eigenvalue weighted by Gasteiger charge is -2.66. The Kier molecular flexibility index (Phi) is 3.21. The standard InChI is InChI=1S/C19H28O7/c1-7-4-9(20)14(23)17(2)8(7)5-10(21)19-6-25-18(3)13(19)16(24)26-15(18)11(22)12(17)19/h7-15,20-23H,4-6H2,1-3H3/t7-,8-,9-,10+,11-,12+,13-,14-,15?,17-,18-,19-/m0/s1. The SMILES string of the molecule is C[C@H]1C[C@H](O)[C@H](O)[C@]2(C)[C@H]3[C@H](O)C4OC(=O)[C@@H]5[C@@]3(CO[C@]45C)[C@H](O)C[C@@H]12. The molecule has 0 aromatic rings. The Morgan fingerprint density at radius 1 is 1.12 bits per heavy atom. The molecule has 7 nitrogen and oxygen atoms in total. The molecular weight excluding hydrogens is 340 g/mol. The van der Waals surface area contributed by atoms with Crippen molar-refractivity contribution >= 4 is 5.97 Å². The molecule has 0 amide bonds. The highest BCUT2D eigenvalue weighted by Crippen LogP contribution is 2.72. The molecule has 1 spiro atoms. The van der Waals surface area contributed by atoms with Crippen LogP contribution in [0.1, 0.15) is 33.6 Å². The largest absolute Gasteiger partial charge is 0.456 e. The molecule has 5 rings (SSSR count). The van der Waals surface area contributed by atoms with E-state index in [4.69, 9.17) is 9.47 Å².